The lowest BCUT2D eigenvalue weighted by Crippen LogP contribution is -2.33. The summed E-state index contributed by atoms with van der Waals surface area (Å²) in [4.78, 5) is 27.8. The van der Waals surface area contributed by atoms with E-state index < -0.39 is 21.7 Å². The van der Waals surface area contributed by atoms with Gasteiger partial charge in [0.1, 0.15) is 0 Å². The third kappa shape index (κ3) is 4.46. The first-order valence-corrected chi connectivity index (χ1v) is 9.80. The Bertz CT molecular complexity index is 1090. The Morgan fingerprint density at radius 2 is 1.79 bits per heavy atom. The van der Waals surface area contributed by atoms with E-state index >= 15 is 0 Å². The van der Waals surface area contributed by atoms with Crippen molar-refractivity contribution in [3.63, 3.8) is 0 Å². The maximum absolute atomic E-state index is 12.5. The van der Waals surface area contributed by atoms with Gasteiger partial charge in [0.2, 0.25) is 0 Å². The molecule has 0 aliphatic carbocycles. The molecule has 0 heterocycles. The van der Waals surface area contributed by atoms with Crippen LogP contribution < -0.4 is 10.9 Å². The molecule has 10 heteroatoms. The standard InChI is InChI=1S/C18H18N4O5S/c1-11-9-16(28(4,26)27)15(10-14(11)19-2)20-21-17(23)12-7-5-6-8-13(12)18(24)22(3)25/h5-10,20,25H,1,3-4H3,(H,21,23). The topological polar surface area (TPSA) is 120 Å². The van der Waals surface area contributed by atoms with Gasteiger partial charge in [-0.2, -0.15) is 0 Å². The van der Waals surface area contributed by atoms with E-state index in [-0.39, 0.29) is 27.4 Å². The highest BCUT2D eigenvalue weighted by molar-refractivity contribution is 7.90. The number of carbonyl (C=O) groups excluding carboxylic acids is 2. The van der Waals surface area contributed by atoms with E-state index in [9.17, 15) is 23.2 Å². The number of nitrogens with one attached hydrogen (secondary N) is 2. The monoisotopic (exact) mass is 402 g/mol. The van der Waals surface area contributed by atoms with Gasteiger partial charge in [0.25, 0.3) is 11.8 Å². The first-order chi connectivity index (χ1) is 13.1. The number of benzene rings is 2. The summed E-state index contributed by atoms with van der Waals surface area (Å²) < 4.78 is 24.1. The Balaban J connectivity index is 2.37. The van der Waals surface area contributed by atoms with Crippen molar-refractivity contribution < 1.29 is 23.2 Å². The second-order valence-corrected chi connectivity index (χ2v) is 7.96. The van der Waals surface area contributed by atoms with Crippen LogP contribution in [-0.2, 0) is 9.84 Å². The predicted molar refractivity (Wildman–Crippen MR) is 102 cm³/mol. The molecule has 2 rings (SSSR count). The van der Waals surface area contributed by atoms with Crippen molar-refractivity contribution in [3.05, 3.63) is 64.5 Å². The third-order valence-electron chi connectivity index (χ3n) is 3.82. The first kappa shape index (κ1) is 20.9. The average molecular weight is 402 g/mol. The van der Waals surface area contributed by atoms with Crippen LogP contribution in [0.4, 0.5) is 11.4 Å². The number of hydrogen-bond acceptors (Lipinski definition) is 6. The molecule has 146 valence electrons. The molecule has 3 N–H and O–H groups in total. The number of hydrazine groups is 1. The highest BCUT2D eigenvalue weighted by Crippen LogP contribution is 2.30. The second-order valence-electron chi connectivity index (χ2n) is 5.97. The Morgan fingerprint density at radius 3 is 2.32 bits per heavy atom. The van der Waals surface area contributed by atoms with E-state index in [2.05, 4.69) is 15.7 Å². The highest BCUT2D eigenvalue weighted by atomic mass is 32.2. The van der Waals surface area contributed by atoms with Crippen LogP contribution in [0.15, 0.2) is 41.3 Å². The third-order valence-corrected chi connectivity index (χ3v) is 4.96. The Hall–Kier alpha value is -3.42. The van der Waals surface area contributed by atoms with Crippen molar-refractivity contribution in [3.8, 4) is 0 Å². The second kappa shape index (κ2) is 8.08. The highest BCUT2D eigenvalue weighted by Gasteiger charge is 2.20. The number of anilines is 1. The molecule has 2 aromatic rings. The molecular weight excluding hydrogens is 384 g/mol. The number of hydroxylamine groups is 2. The Labute approximate surface area is 162 Å². The summed E-state index contributed by atoms with van der Waals surface area (Å²) in [5.74, 6) is -1.51. The van der Waals surface area contributed by atoms with Crippen LogP contribution in [0, 0.1) is 13.5 Å². The zero-order chi connectivity index (χ0) is 21.1. The molecule has 0 bridgehead atoms. The quantitative estimate of drug-likeness (QED) is 0.400. The van der Waals surface area contributed by atoms with Gasteiger partial charge in [0.05, 0.1) is 28.3 Å². The predicted octanol–water partition coefficient (Wildman–Crippen LogP) is 2.17. The lowest BCUT2D eigenvalue weighted by molar-refractivity contribution is -0.0375. The van der Waals surface area contributed by atoms with Gasteiger partial charge in [-0.1, -0.05) is 12.1 Å². The van der Waals surface area contributed by atoms with Crippen LogP contribution >= 0.6 is 0 Å². The molecule has 2 aromatic carbocycles. The Kier molecular flexibility index (Phi) is 6.03. The van der Waals surface area contributed by atoms with Crippen LogP contribution in [0.1, 0.15) is 26.3 Å². The van der Waals surface area contributed by atoms with Gasteiger partial charge in [-0.3, -0.25) is 25.6 Å². The fourth-order valence-corrected chi connectivity index (χ4v) is 3.33. The molecule has 9 nitrogen and oxygen atoms in total. The van der Waals surface area contributed by atoms with E-state index in [1.165, 1.54) is 36.4 Å². The summed E-state index contributed by atoms with van der Waals surface area (Å²) in [7, 11) is -2.51. The number of amides is 2. The summed E-state index contributed by atoms with van der Waals surface area (Å²) >= 11 is 0. The molecule has 0 spiro atoms. The van der Waals surface area contributed by atoms with E-state index in [1.807, 2.05) is 0 Å². The van der Waals surface area contributed by atoms with Crippen molar-refractivity contribution in [1.82, 2.24) is 10.5 Å². The van der Waals surface area contributed by atoms with Gasteiger partial charge in [0.15, 0.2) is 15.5 Å². The fourth-order valence-electron chi connectivity index (χ4n) is 2.43. The zero-order valence-corrected chi connectivity index (χ0v) is 16.2. The molecule has 0 saturated heterocycles. The number of sulfone groups is 1. The van der Waals surface area contributed by atoms with E-state index in [1.54, 1.807) is 6.92 Å². The van der Waals surface area contributed by atoms with Crippen LogP contribution in [0.3, 0.4) is 0 Å². The molecular formula is C18H18N4O5S. The van der Waals surface area contributed by atoms with Gasteiger partial charge in [-0.15, -0.1) is 0 Å². The molecule has 2 amide bonds. The zero-order valence-electron chi connectivity index (χ0n) is 15.3. The molecule has 0 aromatic heterocycles. The number of aryl methyl sites for hydroxylation is 1. The summed E-state index contributed by atoms with van der Waals surface area (Å²) in [6.07, 6.45) is 1.01. The lowest BCUT2D eigenvalue weighted by atomic mass is 10.1. The van der Waals surface area contributed by atoms with Gasteiger partial charge >= 0.3 is 0 Å². The summed E-state index contributed by atoms with van der Waals surface area (Å²) in [6, 6.07) is 8.48. The molecule has 0 atom stereocenters. The van der Waals surface area contributed by atoms with E-state index in [0.717, 1.165) is 13.3 Å². The fraction of sp³-hybridized carbons (Fsp3) is 0.167. The van der Waals surface area contributed by atoms with Crippen LogP contribution in [0.5, 0.6) is 0 Å². The summed E-state index contributed by atoms with van der Waals surface area (Å²) in [5.41, 5.74) is 5.49. The van der Waals surface area contributed by atoms with Crippen molar-refractivity contribution in [1.29, 1.82) is 0 Å². The molecule has 0 unspecified atom stereocenters. The van der Waals surface area contributed by atoms with Crippen molar-refractivity contribution in [2.24, 2.45) is 0 Å². The largest absolute Gasteiger partial charge is 0.298 e. The molecule has 0 fully saturated rings. The number of carbonyl (C=O) groups is 2. The minimum Gasteiger partial charge on any atom is -0.298 e. The SMILES string of the molecule is [C-]#[N+]c1cc(NNC(=O)c2ccccc2C(=O)N(C)O)c(S(C)(=O)=O)cc1C. The van der Waals surface area contributed by atoms with Crippen molar-refractivity contribution in [2.45, 2.75) is 11.8 Å². The lowest BCUT2D eigenvalue weighted by Gasteiger charge is -2.16. The number of rotatable bonds is 5. The van der Waals surface area contributed by atoms with Crippen LogP contribution in [0.2, 0.25) is 0 Å². The maximum atomic E-state index is 12.5. The molecule has 0 saturated carbocycles. The van der Waals surface area contributed by atoms with E-state index in [4.69, 9.17) is 6.57 Å². The first-order valence-electron chi connectivity index (χ1n) is 7.90. The smallest absolute Gasteiger partial charge is 0.277 e. The minimum atomic E-state index is -3.64. The van der Waals surface area contributed by atoms with Gasteiger partial charge in [0, 0.05) is 13.3 Å². The maximum Gasteiger partial charge on any atom is 0.277 e. The van der Waals surface area contributed by atoms with Gasteiger partial charge in [-0.05, 0) is 36.8 Å². The molecule has 0 radical (unpaired) electrons. The number of hydrogen-bond donors (Lipinski definition) is 3. The van der Waals surface area contributed by atoms with E-state index in [0.29, 0.717) is 10.6 Å². The average Bonchev–Trinajstić information content (AvgIpc) is 2.65. The minimum absolute atomic E-state index is 0.0236. The molecule has 0 aliphatic rings. The molecule has 0 aliphatic heterocycles. The van der Waals surface area contributed by atoms with Crippen LogP contribution in [-0.4, -0.2) is 43.8 Å². The molecule has 28 heavy (non-hydrogen) atoms. The number of nitrogens with zero attached hydrogens (tertiary/aromatic N) is 2. The normalized spacial score (nSPS) is 10.7. The van der Waals surface area contributed by atoms with Gasteiger partial charge < -0.3 is 0 Å². The summed E-state index contributed by atoms with van der Waals surface area (Å²) in [6.45, 7) is 8.78. The van der Waals surface area contributed by atoms with Crippen LogP contribution in [0.25, 0.3) is 4.85 Å². The van der Waals surface area contributed by atoms with Crippen molar-refractivity contribution >= 4 is 33.0 Å². The Morgan fingerprint density at radius 1 is 1.18 bits per heavy atom. The van der Waals surface area contributed by atoms with Gasteiger partial charge in [-0.25, -0.2) is 18.3 Å². The summed E-state index contributed by atoms with van der Waals surface area (Å²) in [5, 5.41) is 9.69. The van der Waals surface area contributed by atoms with Crippen molar-refractivity contribution in [2.75, 3.05) is 18.7 Å².